The number of carbonyl (C=O) groups excluding carboxylic acids is 2. The Balaban J connectivity index is 1.43. The minimum absolute atomic E-state index is 0.112. The monoisotopic (exact) mass is 356 g/mol. The molecule has 25 heavy (non-hydrogen) atoms. The average molecular weight is 356 g/mol. The topological polar surface area (TPSA) is 102 Å². The molecule has 3 aromatic rings. The molecule has 0 aliphatic rings. The average Bonchev–Trinajstić information content (AvgIpc) is 3.32. The Kier molecular flexibility index (Phi) is 5.47. The maximum absolute atomic E-state index is 12.0. The summed E-state index contributed by atoms with van der Waals surface area (Å²) in [6.45, 7) is 0.451. The highest BCUT2D eigenvalue weighted by atomic mass is 32.1. The number of carbonyl (C=O) groups is 2. The number of anilines is 1. The molecule has 0 spiro atoms. The number of tetrazole rings is 1. The van der Waals surface area contributed by atoms with Crippen LogP contribution in [-0.4, -0.2) is 38.6 Å². The third-order valence-electron chi connectivity index (χ3n) is 3.39. The molecule has 0 atom stereocenters. The van der Waals surface area contributed by atoms with Crippen LogP contribution >= 0.6 is 11.3 Å². The van der Waals surface area contributed by atoms with Crippen molar-refractivity contribution in [3.8, 4) is 5.69 Å². The SMILES string of the molecule is O=C(CCCNC(=O)c1ccsc1)Nc1cccc(-n2cnnn2)c1. The number of nitrogens with one attached hydrogen (secondary N) is 2. The Labute approximate surface area is 147 Å². The Bertz CT molecular complexity index is 832. The zero-order valence-electron chi connectivity index (χ0n) is 13.3. The van der Waals surface area contributed by atoms with Gasteiger partial charge in [0.1, 0.15) is 6.33 Å². The number of nitrogens with zero attached hydrogens (tertiary/aromatic N) is 4. The van der Waals surface area contributed by atoms with Crippen molar-refractivity contribution >= 4 is 28.8 Å². The summed E-state index contributed by atoms with van der Waals surface area (Å²) in [7, 11) is 0. The van der Waals surface area contributed by atoms with E-state index < -0.39 is 0 Å². The fourth-order valence-electron chi connectivity index (χ4n) is 2.18. The normalized spacial score (nSPS) is 10.4. The van der Waals surface area contributed by atoms with Crippen LogP contribution in [0.25, 0.3) is 5.69 Å². The molecule has 3 rings (SSSR count). The summed E-state index contributed by atoms with van der Waals surface area (Å²) in [5.74, 6) is -0.227. The summed E-state index contributed by atoms with van der Waals surface area (Å²) < 4.78 is 1.51. The molecule has 2 heterocycles. The first kappa shape index (κ1) is 16.8. The molecular weight excluding hydrogens is 340 g/mol. The Morgan fingerprint density at radius 2 is 2.16 bits per heavy atom. The standard InChI is InChI=1S/C16H16N6O2S/c23-15(5-2-7-17-16(24)12-6-8-25-10-12)19-13-3-1-4-14(9-13)22-11-18-20-21-22/h1,3-4,6,8-11H,2,5,7H2,(H,17,24)(H,19,23). The van der Waals surface area contributed by atoms with Crippen molar-refractivity contribution in [2.75, 3.05) is 11.9 Å². The Morgan fingerprint density at radius 3 is 2.92 bits per heavy atom. The highest BCUT2D eigenvalue weighted by Crippen LogP contribution is 2.13. The van der Waals surface area contributed by atoms with E-state index in [1.807, 2.05) is 17.5 Å². The largest absolute Gasteiger partial charge is 0.352 e. The van der Waals surface area contributed by atoms with E-state index in [4.69, 9.17) is 0 Å². The smallest absolute Gasteiger partial charge is 0.252 e. The van der Waals surface area contributed by atoms with E-state index in [0.717, 1.165) is 5.69 Å². The maximum atomic E-state index is 12.0. The summed E-state index contributed by atoms with van der Waals surface area (Å²) >= 11 is 1.47. The van der Waals surface area contributed by atoms with Crippen LogP contribution < -0.4 is 10.6 Å². The van der Waals surface area contributed by atoms with Gasteiger partial charge in [-0.05, 0) is 46.5 Å². The highest BCUT2D eigenvalue weighted by Gasteiger charge is 2.07. The third-order valence-corrected chi connectivity index (χ3v) is 4.08. The highest BCUT2D eigenvalue weighted by molar-refractivity contribution is 7.08. The van der Waals surface area contributed by atoms with Crippen molar-refractivity contribution in [3.63, 3.8) is 0 Å². The van der Waals surface area contributed by atoms with E-state index in [0.29, 0.717) is 30.6 Å². The number of aromatic nitrogens is 4. The van der Waals surface area contributed by atoms with Gasteiger partial charge in [0.25, 0.3) is 5.91 Å². The first-order valence-electron chi connectivity index (χ1n) is 7.66. The molecule has 8 nitrogen and oxygen atoms in total. The number of thiophene rings is 1. The number of benzene rings is 1. The van der Waals surface area contributed by atoms with E-state index in [-0.39, 0.29) is 11.8 Å². The summed E-state index contributed by atoms with van der Waals surface area (Å²) in [6.07, 6.45) is 2.37. The molecule has 0 saturated heterocycles. The maximum Gasteiger partial charge on any atom is 0.252 e. The lowest BCUT2D eigenvalue weighted by molar-refractivity contribution is -0.116. The van der Waals surface area contributed by atoms with Crippen molar-refractivity contribution < 1.29 is 9.59 Å². The second-order valence-electron chi connectivity index (χ2n) is 5.22. The van der Waals surface area contributed by atoms with E-state index in [2.05, 4.69) is 26.2 Å². The van der Waals surface area contributed by atoms with Gasteiger partial charge in [-0.15, -0.1) is 5.10 Å². The lowest BCUT2D eigenvalue weighted by Crippen LogP contribution is -2.25. The first-order chi connectivity index (χ1) is 12.2. The van der Waals surface area contributed by atoms with Crippen molar-refractivity contribution in [1.82, 2.24) is 25.5 Å². The van der Waals surface area contributed by atoms with Gasteiger partial charge in [0, 0.05) is 29.6 Å². The van der Waals surface area contributed by atoms with Gasteiger partial charge < -0.3 is 10.6 Å². The van der Waals surface area contributed by atoms with Gasteiger partial charge in [0.15, 0.2) is 0 Å². The van der Waals surface area contributed by atoms with Gasteiger partial charge in [-0.3, -0.25) is 9.59 Å². The number of rotatable bonds is 7. The molecule has 0 aliphatic heterocycles. The van der Waals surface area contributed by atoms with Crippen molar-refractivity contribution in [2.45, 2.75) is 12.8 Å². The number of amides is 2. The minimum atomic E-state index is -0.115. The summed E-state index contributed by atoms with van der Waals surface area (Å²) in [4.78, 5) is 23.8. The van der Waals surface area contributed by atoms with Crippen LogP contribution in [0.15, 0.2) is 47.4 Å². The van der Waals surface area contributed by atoms with Crippen LogP contribution in [0.4, 0.5) is 5.69 Å². The van der Waals surface area contributed by atoms with Gasteiger partial charge in [0.05, 0.1) is 5.69 Å². The lowest BCUT2D eigenvalue weighted by atomic mass is 10.2. The van der Waals surface area contributed by atoms with Crippen LogP contribution in [0.2, 0.25) is 0 Å². The van der Waals surface area contributed by atoms with E-state index >= 15 is 0 Å². The van der Waals surface area contributed by atoms with E-state index in [9.17, 15) is 9.59 Å². The first-order valence-corrected chi connectivity index (χ1v) is 8.60. The predicted octanol–water partition coefficient (Wildman–Crippen LogP) is 1.87. The molecule has 0 saturated carbocycles. The molecule has 0 aliphatic carbocycles. The van der Waals surface area contributed by atoms with Gasteiger partial charge in [-0.25, -0.2) is 4.68 Å². The van der Waals surface area contributed by atoms with Crippen LogP contribution in [-0.2, 0) is 4.79 Å². The predicted molar refractivity (Wildman–Crippen MR) is 93.7 cm³/mol. The molecule has 0 fully saturated rings. The molecule has 0 bridgehead atoms. The third kappa shape index (κ3) is 4.70. The minimum Gasteiger partial charge on any atom is -0.352 e. The quantitative estimate of drug-likeness (QED) is 0.629. The molecule has 2 N–H and O–H groups in total. The van der Waals surface area contributed by atoms with E-state index in [1.165, 1.54) is 22.3 Å². The van der Waals surface area contributed by atoms with E-state index in [1.54, 1.807) is 23.6 Å². The zero-order valence-corrected chi connectivity index (χ0v) is 14.1. The molecule has 9 heteroatoms. The summed E-state index contributed by atoms with van der Waals surface area (Å²) in [5, 5.41) is 20.2. The van der Waals surface area contributed by atoms with Crippen molar-refractivity contribution in [1.29, 1.82) is 0 Å². The summed E-state index contributed by atoms with van der Waals surface area (Å²) in [6, 6.07) is 9.00. The fraction of sp³-hybridized carbons (Fsp3) is 0.188. The fourth-order valence-corrected chi connectivity index (χ4v) is 2.81. The molecule has 128 valence electrons. The second kappa shape index (κ2) is 8.15. The van der Waals surface area contributed by atoms with Crippen molar-refractivity contribution in [3.05, 3.63) is 53.0 Å². The van der Waals surface area contributed by atoms with Gasteiger partial charge >= 0.3 is 0 Å². The van der Waals surface area contributed by atoms with Gasteiger partial charge in [0.2, 0.25) is 5.91 Å². The summed E-state index contributed by atoms with van der Waals surface area (Å²) in [5.41, 5.74) is 2.07. The molecule has 2 aromatic heterocycles. The van der Waals surface area contributed by atoms with Gasteiger partial charge in [-0.2, -0.15) is 11.3 Å². The molecule has 2 amide bonds. The zero-order chi connectivity index (χ0) is 17.5. The Hall–Kier alpha value is -3.07. The lowest BCUT2D eigenvalue weighted by Gasteiger charge is -2.07. The van der Waals surface area contributed by atoms with Crippen LogP contribution in [0.3, 0.4) is 0 Å². The molecule has 1 aromatic carbocycles. The molecule has 0 unspecified atom stereocenters. The molecule has 0 radical (unpaired) electrons. The number of hydrogen-bond donors (Lipinski definition) is 2. The second-order valence-corrected chi connectivity index (χ2v) is 6.00. The van der Waals surface area contributed by atoms with Crippen LogP contribution in [0.5, 0.6) is 0 Å². The van der Waals surface area contributed by atoms with Crippen LogP contribution in [0.1, 0.15) is 23.2 Å². The molecular formula is C16H16N6O2S. The van der Waals surface area contributed by atoms with Gasteiger partial charge in [-0.1, -0.05) is 6.07 Å². The Morgan fingerprint density at radius 1 is 1.24 bits per heavy atom. The van der Waals surface area contributed by atoms with Crippen LogP contribution in [0, 0.1) is 0 Å². The van der Waals surface area contributed by atoms with Crippen molar-refractivity contribution in [2.24, 2.45) is 0 Å². The number of hydrogen-bond acceptors (Lipinski definition) is 6.